The molecule has 0 bridgehead atoms. The normalized spacial score (nSPS) is 18.0. The van der Waals surface area contributed by atoms with Crippen LogP contribution in [-0.4, -0.2) is 54.4 Å². The molecule has 1 N–H and O–H groups in total. The summed E-state index contributed by atoms with van der Waals surface area (Å²) in [6.45, 7) is 8.34. The summed E-state index contributed by atoms with van der Waals surface area (Å²) in [5, 5.41) is 3.43. The van der Waals surface area contributed by atoms with Crippen molar-refractivity contribution >= 4 is 17.3 Å². The Morgan fingerprint density at radius 3 is 2.74 bits per heavy atom. The number of nitrogens with zero attached hydrogens (tertiary/aromatic N) is 2. The molecule has 1 aromatic heterocycles. The zero-order valence-electron chi connectivity index (χ0n) is 14.0. The highest BCUT2D eigenvalue weighted by Gasteiger charge is 2.21. The summed E-state index contributed by atoms with van der Waals surface area (Å²) in [6, 6.07) is 0.284. The lowest BCUT2D eigenvalue weighted by Gasteiger charge is -2.21. The van der Waals surface area contributed by atoms with Crippen LogP contribution < -0.4 is 10.1 Å². The van der Waals surface area contributed by atoms with Crippen LogP contribution in [-0.2, 0) is 9.47 Å². The molecule has 2 rings (SSSR count). The SMILES string of the molecule is CCCCOCCOCCOc1nsnc1C1=CCCNC1C. The van der Waals surface area contributed by atoms with Crippen molar-refractivity contribution in [3.05, 3.63) is 11.8 Å². The van der Waals surface area contributed by atoms with E-state index in [0.29, 0.717) is 32.3 Å². The lowest BCUT2D eigenvalue weighted by Crippen LogP contribution is -2.31. The molecule has 1 atom stereocenters. The minimum absolute atomic E-state index is 0.284. The molecule has 0 aliphatic carbocycles. The first-order chi connectivity index (χ1) is 11.3. The average molecular weight is 341 g/mol. The number of hydrogen-bond acceptors (Lipinski definition) is 7. The molecular formula is C16H27N3O3S. The highest BCUT2D eigenvalue weighted by molar-refractivity contribution is 6.99. The smallest absolute Gasteiger partial charge is 0.253 e. The summed E-state index contributed by atoms with van der Waals surface area (Å²) in [4.78, 5) is 0. The van der Waals surface area contributed by atoms with E-state index < -0.39 is 0 Å². The Morgan fingerprint density at radius 1 is 1.17 bits per heavy atom. The molecule has 1 aliphatic rings. The van der Waals surface area contributed by atoms with Gasteiger partial charge in [0.2, 0.25) is 0 Å². The van der Waals surface area contributed by atoms with Crippen LogP contribution in [0.4, 0.5) is 0 Å². The van der Waals surface area contributed by atoms with Gasteiger partial charge in [-0.1, -0.05) is 19.4 Å². The van der Waals surface area contributed by atoms with Crippen molar-refractivity contribution in [1.29, 1.82) is 0 Å². The predicted molar refractivity (Wildman–Crippen MR) is 92.0 cm³/mol. The molecule has 0 radical (unpaired) electrons. The average Bonchev–Trinajstić information content (AvgIpc) is 3.02. The number of rotatable bonds is 11. The second kappa shape index (κ2) is 10.7. The Kier molecular flexibility index (Phi) is 8.52. The molecule has 0 saturated heterocycles. The highest BCUT2D eigenvalue weighted by atomic mass is 32.1. The molecule has 6 nitrogen and oxygen atoms in total. The van der Waals surface area contributed by atoms with Crippen LogP contribution in [0.25, 0.3) is 5.57 Å². The van der Waals surface area contributed by atoms with Crippen LogP contribution in [0, 0.1) is 0 Å². The van der Waals surface area contributed by atoms with E-state index in [1.54, 1.807) is 0 Å². The summed E-state index contributed by atoms with van der Waals surface area (Å²) < 4.78 is 25.3. The van der Waals surface area contributed by atoms with Crippen molar-refractivity contribution in [2.24, 2.45) is 0 Å². The quantitative estimate of drug-likeness (QED) is 0.624. The fraction of sp³-hybridized carbons (Fsp3) is 0.750. The minimum Gasteiger partial charge on any atom is -0.473 e. The fourth-order valence-electron chi connectivity index (χ4n) is 2.33. The molecule has 130 valence electrons. The fourth-order valence-corrected chi connectivity index (χ4v) is 2.85. The summed E-state index contributed by atoms with van der Waals surface area (Å²) in [5.41, 5.74) is 2.03. The first-order valence-corrected chi connectivity index (χ1v) is 9.10. The first-order valence-electron chi connectivity index (χ1n) is 8.37. The van der Waals surface area contributed by atoms with E-state index in [2.05, 4.69) is 34.0 Å². The van der Waals surface area contributed by atoms with Crippen LogP contribution in [0.1, 0.15) is 38.8 Å². The summed E-state index contributed by atoms with van der Waals surface area (Å²) in [7, 11) is 0. The maximum atomic E-state index is 5.73. The van der Waals surface area contributed by atoms with Crippen molar-refractivity contribution in [3.63, 3.8) is 0 Å². The van der Waals surface area contributed by atoms with Gasteiger partial charge in [-0.25, -0.2) is 0 Å². The highest BCUT2D eigenvalue weighted by Crippen LogP contribution is 2.28. The van der Waals surface area contributed by atoms with Crippen molar-refractivity contribution in [2.75, 3.05) is 39.6 Å². The Bertz CT molecular complexity index is 479. The van der Waals surface area contributed by atoms with Crippen molar-refractivity contribution < 1.29 is 14.2 Å². The van der Waals surface area contributed by atoms with Crippen LogP contribution in [0.5, 0.6) is 5.88 Å². The number of aromatic nitrogens is 2. The number of ether oxygens (including phenoxy) is 3. The van der Waals surface area contributed by atoms with Gasteiger partial charge in [-0.05, 0) is 31.9 Å². The topological polar surface area (TPSA) is 65.5 Å². The third-order valence-electron chi connectivity index (χ3n) is 3.64. The number of unbranched alkanes of at least 4 members (excludes halogenated alkanes) is 1. The molecule has 0 spiro atoms. The van der Waals surface area contributed by atoms with Crippen molar-refractivity contribution in [3.8, 4) is 5.88 Å². The van der Waals surface area contributed by atoms with Crippen LogP contribution in [0.3, 0.4) is 0 Å². The molecule has 0 aromatic carbocycles. The number of nitrogens with one attached hydrogen (secondary N) is 1. The Labute approximate surface area is 142 Å². The van der Waals surface area contributed by atoms with E-state index in [-0.39, 0.29) is 6.04 Å². The molecule has 1 aliphatic heterocycles. The lowest BCUT2D eigenvalue weighted by atomic mass is 10.0. The molecule has 1 aromatic rings. The molecule has 7 heteroatoms. The van der Waals surface area contributed by atoms with Crippen molar-refractivity contribution in [2.45, 2.75) is 39.2 Å². The number of hydrogen-bond donors (Lipinski definition) is 1. The van der Waals surface area contributed by atoms with Gasteiger partial charge < -0.3 is 19.5 Å². The Morgan fingerprint density at radius 2 is 1.96 bits per heavy atom. The molecule has 0 fully saturated rings. The first kappa shape index (κ1) is 18.3. The van der Waals surface area contributed by atoms with Gasteiger partial charge in [0.05, 0.1) is 31.5 Å². The molecular weight excluding hydrogens is 314 g/mol. The maximum Gasteiger partial charge on any atom is 0.253 e. The second-order valence-electron chi connectivity index (χ2n) is 5.47. The molecule has 1 unspecified atom stereocenters. The third-order valence-corrected chi connectivity index (χ3v) is 4.15. The van der Waals surface area contributed by atoms with Crippen LogP contribution in [0.15, 0.2) is 6.08 Å². The maximum absolute atomic E-state index is 5.73. The van der Waals surface area contributed by atoms with Crippen molar-refractivity contribution in [1.82, 2.24) is 14.1 Å². The van der Waals surface area contributed by atoms with E-state index in [1.807, 2.05) is 0 Å². The van der Waals surface area contributed by atoms with E-state index >= 15 is 0 Å². The Balaban J connectivity index is 1.65. The van der Waals surface area contributed by atoms with E-state index in [4.69, 9.17) is 14.2 Å². The molecule has 2 heterocycles. The van der Waals surface area contributed by atoms with E-state index in [1.165, 1.54) is 17.3 Å². The Hall–Kier alpha value is -1.02. The van der Waals surface area contributed by atoms with Gasteiger partial charge in [0.25, 0.3) is 5.88 Å². The third kappa shape index (κ3) is 6.18. The second-order valence-corrected chi connectivity index (χ2v) is 6.00. The minimum atomic E-state index is 0.284. The van der Waals surface area contributed by atoms with E-state index in [9.17, 15) is 0 Å². The summed E-state index contributed by atoms with van der Waals surface area (Å²) >= 11 is 1.19. The van der Waals surface area contributed by atoms with Crippen LogP contribution in [0.2, 0.25) is 0 Å². The van der Waals surface area contributed by atoms with Gasteiger partial charge in [-0.2, -0.15) is 4.37 Å². The van der Waals surface area contributed by atoms with Gasteiger partial charge >= 0.3 is 0 Å². The summed E-state index contributed by atoms with van der Waals surface area (Å²) in [6.07, 6.45) is 5.49. The zero-order chi connectivity index (χ0) is 16.3. The van der Waals surface area contributed by atoms with Gasteiger partial charge in [0.15, 0.2) is 0 Å². The van der Waals surface area contributed by atoms with Crippen LogP contribution >= 0.6 is 11.7 Å². The molecule has 0 saturated carbocycles. The summed E-state index contributed by atoms with van der Waals surface area (Å²) in [5.74, 6) is 0.611. The molecule has 0 amide bonds. The van der Waals surface area contributed by atoms with Gasteiger partial charge in [0, 0.05) is 12.6 Å². The van der Waals surface area contributed by atoms with E-state index in [0.717, 1.165) is 38.1 Å². The molecule has 23 heavy (non-hydrogen) atoms. The van der Waals surface area contributed by atoms with Gasteiger partial charge in [-0.15, -0.1) is 4.37 Å². The zero-order valence-corrected chi connectivity index (χ0v) is 14.9. The van der Waals surface area contributed by atoms with Gasteiger partial charge in [-0.3, -0.25) is 0 Å². The monoisotopic (exact) mass is 341 g/mol. The predicted octanol–water partition coefficient (Wildman–Crippen LogP) is 2.52. The van der Waals surface area contributed by atoms with Gasteiger partial charge in [0.1, 0.15) is 12.3 Å². The lowest BCUT2D eigenvalue weighted by molar-refractivity contribution is 0.0351. The standard InChI is InChI=1S/C16H27N3O3S/c1-3-4-8-20-9-10-21-11-12-22-16-15(18-23-19-16)14-6-5-7-17-13(14)2/h6,13,17H,3-5,7-12H2,1-2H3. The largest absolute Gasteiger partial charge is 0.473 e.